The predicted molar refractivity (Wildman–Crippen MR) is 34.4 cm³/mol. The van der Waals surface area contributed by atoms with E-state index in [0.717, 1.165) is 5.75 Å². The zero-order valence-electron chi connectivity index (χ0n) is 5.40. The van der Waals surface area contributed by atoms with Gasteiger partial charge in [0.25, 0.3) is 10.1 Å². The minimum absolute atomic E-state index is 0.235. The molecule has 0 aromatic heterocycles. The molecule has 0 aliphatic rings. The molecule has 0 aliphatic heterocycles. The molecule has 0 heterocycles. The van der Waals surface area contributed by atoms with Gasteiger partial charge in [-0.25, -0.2) is 0 Å². The van der Waals surface area contributed by atoms with Crippen molar-refractivity contribution in [2.45, 2.75) is 0 Å². The lowest BCUT2D eigenvalue weighted by atomic mass is 10.7. The lowest BCUT2D eigenvalue weighted by Crippen LogP contribution is -2.16. The van der Waals surface area contributed by atoms with Gasteiger partial charge in [-0.15, -0.1) is 0 Å². The van der Waals surface area contributed by atoms with Crippen LogP contribution in [0.3, 0.4) is 0 Å². The van der Waals surface area contributed by atoms with Crippen molar-refractivity contribution in [3.63, 3.8) is 0 Å². The molecule has 9 heavy (non-hydrogen) atoms. The summed E-state index contributed by atoms with van der Waals surface area (Å²) in [7, 11) is -0.466. The first-order valence-electron chi connectivity index (χ1n) is 2.37. The third-order valence-corrected chi connectivity index (χ3v) is 1.22. The van der Waals surface area contributed by atoms with E-state index in [-0.39, 0.29) is 6.54 Å². The van der Waals surface area contributed by atoms with Gasteiger partial charge in [0.2, 0.25) is 0 Å². The first-order chi connectivity index (χ1) is 3.92. The standard InChI is InChI=1S/C4H10NO3S/c1-5(2)3-4-9(6,7)8/h4H,3H2,1-2H3,(H,6,7,8). The molecule has 0 rings (SSSR count). The Morgan fingerprint density at radius 1 is 1.56 bits per heavy atom. The second-order valence-corrected chi connectivity index (χ2v) is 3.31. The highest BCUT2D eigenvalue weighted by molar-refractivity contribution is 7.87. The van der Waals surface area contributed by atoms with Crippen LogP contribution in [0.4, 0.5) is 0 Å². The van der Waals surface area contributed by atoms with E-state index in [1.54, 1.807) is 19.0 Å². The van der Waals surface area contributed by atoms with Crippen LogP contribution in [0.1, 0.15) is 0 Å². The summed E-state index contributed by atoms with van der Waals surface area (Å²) in [4.78, 5) is 1.63. The van der Waals surface area contributed by atoms with Crippen LogP contribution in [-0.2, 0) is 10.1 Å². The van der Waals surface area contributed by atoms with Crippen molar-refractivity contribution in [2.75, 3.05) is 20.6 Å². The monoisotopic (exact) mass is 152 g/mol. The van der Waals surface area contributed by atoms with Crippen molar-refractivity contribution in [3.8, 4) is 0 Å². The fourth-order valence-corrected chi connectivity index (χ4v) is 0.730. The maximum Gasteiger partial charge on any atom is 0.270 e. The van der Waals surface area contributed by atoms with E-state index < -0.39 is 10.1 Å². The van der Waals surface area contributed by atoms with Crippen LogP contribution in [0.25, 0.3) is 0 Å². The van der Waals surface area contributed by atoms with Crippen LogP contribution in [0, 0.1) is 5.75 Å². The lowest BCUT2D eigenvalue weighted by Gasteiger charge is -2.05. The molecule has 0 unspecified atom stereocenters. The smallest absolute Gasteiger partial charge is 0.270 e. The summed E-state index contributed by atoms with van der Waals surface area (Å²) in [5, 5.41) is 0. The Morgan fingerprint density at radius 2 is 2.00 bits per heavy atom. The Kier molecular flexibility index (Phi) is 3.10. The van der Waals surface area contributed by atoms with Crippen LogP contribution in [0.15, 0.2) is 0 Å². The van der Waals surface area contributed by atoms with Gasteiger partial charge in [0, 0.05) is 6.54 Å². The molecule has 55 valence electrons. The van der Waals surface area contributed by atoms with Gasteiger partial charge in [0.05, 0.1) is 0 Å². The molecule has 0 fully saturated rings. The molecule has 4 nitrogen and oxygen atoms in total. The Balaban J connectivity index is 3.53. The summed E-state index contributed by atoms with van der Waals surface area (Å²) >= 11 is 0. The second kappa shape index (κ2) is 3.14. The SMILES string of the molecule is CN(C)C[CH]S(=O)(=O)O. The molecule has 0 bridgehead atoms. The van der Waals surface area contributed by atoms with Crippen molar-refractivity contribution in [1.82, 2.24) is 4.90 Å². The second-order valence-electron chi connectivity index (χ2n) is 1.94. The number of hydrogen-bond acceptors (Lipinski definition) is 3. The summed E-state index contributed by atoms with van der Waals surface area (Å²) in [6.07, 6.45) is 0. The molecule has 0 amide bonds. The van der Waals surface area contributed by atoms with Gasteiger partial charge in [-0.1, -0.05) is 0 Å². The number of hydrogen-bond donors (Lipinski definition) is 1. The van der Waals surface area contributed by atoms with Crippen molar-refractivity contribution >= 4 is 10.1 Å². The highest BCUT2D eigenvalue weighted by Crippen LogP contribution is 1.89. The molecule has 0 aromatic carbocycles. The van der Waals surface area contributed by atoms with E-state index in [4.69, 9.17) is 4.55 Å². The summed E-state index contributed by atoms with van der Waals surface area (Å²) in [5.74, 6) is 0.840. The minimum Gasteiger partial charge on any atom is -0.308 e. The van der Waals surface area contributed by atoms with Crippen molar-refractivity contribution < 1.29 is 13.0 Å². The zero-order valence-corrected chi connectivity index (χ0v) is 6.22. The molecular formula is C4H10NO3S. The highest BCUT2D eigenvalue weighted by Gasteiger charge is 2.04. The lowest BCUT2D eigenvalue weighted by molar-refractivity contribution is 0.436. The molecule has 0 saturated carbocycles. The molecule has 0 aliphatic carbocycles. The number of rotatable bonds is 3. The van der Waals surface area contributed by atoms with Crippen LogP contribution in [0.2, 0.25) is 0 Å². The van der Waals surface area contributed by atoms with Crippen LogP contribution >= 0.6 is 0 Å². The Bertz CT molecular complexity index is 161. The van der Waals surface area contributed by atoms with Crippen LogP contribution in [-0.4, -0.2) is 38.5 Å². The van der Waals surface area contributed by atoms with Gasteiger partial charge in [-0.05, 0) is 14.1 Å². The molecule has 0 aromatic rings. The van der Waals surface area contributed by atoms with Crippen LogP contribution in [0.5, 0.6) is 0 Å². The van der Waals surface area contributed by atoms with Gasteiger partial charge in [0.1, 0.15) is 5.75 Å². The van der Waals surface area contributed by atoms with E-state index in [9.17, 15) is 8.42 Å². The Hall–Kier alpha value is -0.130. The van der Waals surface area contributed by atoms with Crippen molar-refractivity contribution in [2.24, 2.45) is 0 Å². The normalized spacial score (nSPS) is 12.4. The maximum atomic E-state index is 10.0. The van der Waals surface area contributed by atoms with Gasteiger partial charge in [0.15, 0.2) is 0 Å². The molecule has 0 spiro atoms. The van der Waals surface area contributed by atoms with Gasteiger partial charge >= 0.3 is 0 Å². The quantitative estimate of drug-likeness (QED) is 0.559. The van der Waals surface area contributed by atoms with Gasteiger partial charge < -0.3 is 4.90 Å². The predicted octanol–water partition coefficient (Wildman–Crippen LogP) is -0.402. The first kappa shape index (κ1) is 8.87. The van der Waals surface area contributed by atoms with Crippen LogP contribution < -0.4 is 0 Å². The van der Waals surface area contributed by atoms with E-state index in [2.05, 4.69) is 0 Å². The van der Waals surface area contributed by atoms with E-state index >= 15 is 0 Å². The molecule has 0 saturated heterocycles. The molecule has 5 heteroatoms. The van der Waals surface area contributed by atoms with E-state index in [1.165, 1.54) is 0 Å². The fraction of sp³-hybridized carbons (Fsp3) is 0.750. The average molecular weight is 152 g/mol. The Morgan fingerprint density at radius 3 is 2.11 bits per heavy atom. The molecule has 1 radical (unpaired) electrons. The largest absolute Gasteiger partial charge is 0.308 e. The molecule has 1 N–H and O–H groups in total. The van der Waals surface area contributed by atoms with Gasteiger partial charge in [-0.2, -0.15) is 8.42 Å². The summed E-state index contributed by atoms with van der Waals surface area (Å²) in [6, 6.07) is 0. The minimum atomic E-state index is -3.89. The highest BCUT2D eigenvalue weighted by atomic mass is 32.2. The van der Waals surface area contributed by atoms with Gasteiger partial charge in [-0.3, -0.25) is 4.55 Å². The summed E-state index contributed by atoms with van der Waals surface area (Å²) in [6.45, 7) is 0.235. The molecular weight excluding hydrogens is 142 g/mol. The maximum absolute atomic E-state index is 10.0. The molecule has 0 atom stereocenters. The topological polar surface area (TPSA) is 57.6 Å². The summed E-state index contributed by atoms with van der Waals surface area (Å²) < 4.78 is 28.2. The summed E-state index contributed by atoms with van der Waals surface area (Å²) in [5.41, 5.74) is 0. The third kappa shape index (κ3) is 7.87. The zero-order chi connectivity index (χ0) is 7.49. The van der Waals surface area contributed by atoms with Crippen molar-refractivity contribution in [3.05, 3.63) is 5.75 Å². The average Bonchev–Trinajstić information content (AvgIpc) is 1.59. The fourth-order valence-electron chi connectivity index (χ4n) is 0.243. The van der Waals surface area contributed by atoms with E-state index in [0.29, 0.717) is 0 Å². The van der Waals surface area contributed by atoms with E-state index in [1.807, 2.05) is 0 Å². The number of nitrogens with zero attached hydrogens (tertiary/aromatic N) is 1. The first-order valence-corrected chi connectivity index (χ1v) is 3.87. The third-order valence-electron chi connectivity index (χ3n) is 0.650. The Labute approximate surface area is 55.2 Å². The van der Waals surface area contributed by atoms with Crippen molar-refractivity contribution in [1.29, 1.82) is 0 Å².